The lowest BCUT2D eigenvalue weighted by Gasteiger charge is -2.60. The van der Waals surface area contributed by atoms with Crippen molar-refractivity contribution in [1.29, 1.82) is 0 Å². The van der Waals surface area contributed by atoms with E-state index in [1.165, 1.54) is 13.0 Å². The van der Waals surface area contributed by atoms with Crippen molar-refractivity contribution in [3.63, 3.8) is 0 Å². The van der Waals surface area contributed by atoms with Crippen molar-refractivity contribution in [2.45, 2.75) is 99.2 Å². The van der Waals surface area contributed by atoms with Gasteiger partial charge >= 0.3 is 5.97 Å². The maximum atomic E-state index is 14.0. The third-order valence-corrected chi connectivity index (χ3v) is 11.3. The van der Waals surface area contributed by atoms with Crippen LogP contribution in [0.25, 0.3) is 0 Å². The summed E-state index contributed by atoms with van der Waals surface area (Å²) in [4.78, 5) is 53.0. The molecule has 2 fully saturated rings. The molecule has 7 heteroatoms. The van der Waals surface area contributed by atoms with Crippen molar-refractivity contribution < 1.29 is 34.5 Å². The molecule has 0 radical (unpaired) electrons. The highest BCUT2D eigenvalue weighted by Crippen LogP contribution is 2.70. The second-order valence-corrected chi connectivity index (χ2v) is 13.5. The Morgan fingerprint density at radius 2 is 1.68 bits per heavy atom. The van der Waals surface area contributed by atoms with Gasteiger partial charge in [-0.1, -0.05) is 34.6 Å². The molecule has 0 aromatic heterocycles. The maximum Gasteiger partial charge on any atom is 0.331 e. The summed E-state index contributed by atoms with van der Waals surface area (Å²) in [5.74, 6) is -1.95. The van der Waals surface area contributed by atoms with E-state index < -0.39 is 39.8 Å². The molecule has 0 spiro atoms. The van der Waals surface area contributed by atoms with Crippen LogP contribution in [-0.4, -0.2) is 50.8 Å². The molecule has 0 aliphatic heterocycles. The van der Waals surface area contributed by atoms with Gasteiger partial charge < -0.3 is 15.3 Å². The topological polar surface area (TPSA) is 129 Å². The summed E-state index contributed by atoms with van der Waals surface area (Å²) >= 11 is 0. The molecule has 4 aliphatic carbocycles. The Morgan fingerprint density at radius 3 is 2.27 bits per heavy atom. The van der Waals surface area contributed by atoms with Crippen LogP contribution >= 0.6 is 0 Å². The van der Waals surface area contributed by atoms with Crippen molar-refractivity contribution in [1.82, 2.24) is 0 Å². The summed E-state index contributed by atoms with van der Waals surface area (Å²) < 4.78 is 0. The Morgan fingerprint density at radius 1 is 1.05 bits per heavy atom. The number of allylic oxidation sites excluding steroid dienone is 2. The van der Waals surface area contributed by atoms with Crippen LogP contribution in [0.5, 0.6) is 0 Å². The molecular formula is C30H42O7. The van der Waals surface area contributed by atoms with E-state index in [0.717, 1.165) is 0 Å². The molecule has 8 unspecified atom stereocenters. The number of ketones is 3. The van der Waals surface area contributed by atoms with E-state index in [9.17, 15) is 29.4 Å². The zero-order valence-electron chi connectivity index (χ0n) is 23.2. The Kier molecular flexibility index (Phi) is 6.56. The monoisotopic (exact) mass is 514 g/mol. The molecule has 0 aromatic carbocycles. The van der Waals surface area contributed by atoms with Gasteiger partial charge in [0.05, 0.1) is 17.6 Å². The lowest BCUT2D eigenvalue weighted by Crippen LogP contribution is -2.59. The number of carbonyl (C=O) groups excluding carboxylic acids is 3. The Hall–Kier alpha value is -2.12. The first-order valence-corrected chi connectivity index (χ1v) is 13.6. The minimum absolute atomic E-state index is 0.0379. The number of aliphatic hydroxyl groups excluding tert-OH is 2. The van der Waals surface area contributed by atoms with E-state index in [4.69, 9.17) is 5.11 Å². The van der Waals surface area contributed by atoms with Gasteiger partial charge in [-0.25, -0.2) is 4.79 Å². The van der Waals surface area contributed by atoms with Gasteiger partial charge in [0.2, 0.25) is 0 Å². The number of aliphatic hydroxyl groups is 2. The molecule has 0 amide bonds. The van der Waals surface area contributed by atoms with Crippen LogP contribution in [0, 0.1) is 39.4 Å². The minimum Gasteiger partial charge on any atom is -0.478 e. The first-order valence-electron chi connectivity index (χ1n) is 13.6. The first kappa shape index (κ1) is 27.9. The summed E-state index contributed by atoms with van der Waals surface area (Å²) in [6.45, 7) is 13.1. The summed E-state index contributed by atoms with van der Waals surface area (Å²) in [5, 5.41) is 30.4. The van der Waals surface area contributed by atoms with Crippen LogP contribution in [0.15, 0.2) is 22.8 Å². The smallest absolute Gasteiger partial charge is 0.331 e. The van der Waals surface area contributed by atoms with Gasteiger partial charge in [0, 0.05) is 41.4 Å². The number of aliphatic carboxylic acids is 1. The number of hydrogen-bond acceptors (Lipinski definition) is 6. The molecule has 4 rings (SSSR count). The fraction of sp³-hybridized carbons (Fsp3) is 0.733. The molecule has 37 heavy (non-hydrogen) atoms. The number of rotatable bonds is 5. The lowest BCUT2D eigenvalue weighted by atomic mass is 9.42. The number of carboxylic acid groups (broad SMARTS) is 1. The molecule has 204 valence electrons. The van der Waals surface area contributed by atoms with E-state index in [1.54, 1.807) is 0 Å². The summed E-state index contributed by atoms with van der Waals surface area (Å²) in [7, 11) is 0. The minimum atomic E-state index is -1.10. The van der Waals surface area contributed by atoms with Gasteiger partial charge in [-0.2, -0.15) is 0 Å². The molecular weight excluding hydrogens is 472 g/mol. The molecule has 0 saturated heterocycles. The maximum absolute atomic E-state index is 14.0. The van der Waals surface area contributed by atoms with E-state index in [2.05, 4.69) is 0 Å². The van der Waals surface area contributed by atoms with Gasteiger partial charge in [-0.15, -0.1) is 0 Å². The van der Waals surface area contributed by atoms with Crippen molar-refractivity contribution in [2.24, 2.45) is 39.4 Å². The highest BCUT2D eigenvalue weighted by molar-refractivity contribution is 6.16. The fourth-order valence-corrected chi connectivity index (χ4v) is 8.80. The highest BCUT2D eigenvalue weighted by Gasteiger charge is 2.70. The molecule has 4 aliphatic rings. The van der Waals surface area contributed by atoms with Crippen molar-refractivity contribution >= 4 is 23.3 Å². The number of Topliss-reactive ketones (excluding diaryl/α,β-unsaturated/α-hetero) is 3. The van der Waals surface area contributed by atoms with Crippen LogP contribution in [0.2, 0.25) is 0 Å². The van der Waals surface area contributed by atoms with E-state index in [0.29, 0.717) is 24.0 Å². The van der Waals surface area contributed by atoms with Crippen LogP contribution in [0.1, 0.15) is 87.0 Å². The summed E-state index contributed by atoms with van der Waals surface area (Å²) in [6.07, 6.45) is 1.75. The summed E-state index contributed by atoms with van der Waals surface area (Å²) in [6, 6.07) is 0. The SMILES string of the molecule is CC(=CC(O)CC(C)C1CC(=O)C2(C)C3=C(C(=O)CC12C)C1(C)CCC(O)C(C)(C)C1CC3=O)C(=O)O. The number of carboxylic acids is 1. The number of fused-ring (bicyclic) bond motifs is 4. The predicted molar refractivity (Wildman–Crippen MR) is 137 cm³/mol. The second-order valence-electron chi connectivity index (χ2n) is 13.5. The Bertz CT molecular complexity index is 1130. The number of carbonyl (C=O) groups is 4. The standard InChI is InChI=1S/C30H42O7/c1-15(10-17(31)11-16(2)26(36)37)18-12-23(35)30(7)25-19(32)13-21-27(3,4)22(34)8-9-28(21,5)24(25)20(33)14-29(18,30)6/h11,15,17-18,21-22,31,34H,8-10,12-14H2,1-7H3,(H,36,37). The molecule has 0 aromatic rings. The number of hydrogen-bond donors (Lipinski definition) is 3. The van der Waals surface area contributed by atoms with Crippen LogP contribution < -0.4 is 0 Å². The quantitative estimate of drug-likeness (QED) is 0.472. The predicted octanol–water partition coefficient (Wildman–Crippen LogP) is 4.05. The average molecular weight is 515 g/mol. The van der Waals surface area contributed by atoms with Gasteiger partial charge in [0.1, 0.15) is 5.78 Å². The van der Waals surface area contributed by atoms with Crippen LogP contribution in [-0.2, 0) is 19.2 Å². The van der Waals surface area contributed by atoms with E-state index in [1.807, 2.05) is 41.5 Å². The molecule has 2 saturated carbocycles. The normalized spacial score (nSPS) is 41.2. The zero-order chi connectivity index (χ0) is 27.9. The van der Waals surface area contributed by atoms with Gasteiger partial charge in [0.25, 0.3) is 0 Å². The molecule has 8 atom stereocenters. The second kappa shape index (κ2) is 8.70. The van der Waals surface area contributed by atoms with Gasteiger partial charge in [-0.3, -0.25) is 14.4 Å². The molecule has 0 heterocycles. The van der Waals surface area contributed by atoms with Crippen molar-refractivity contribution in [3.05, 3.63) is 22.8 Å². The third-order valence-electron chi connectivity index (χ3n) is 11.3. The first-order chi connectivity index (χ1) is 16.9. The lowest BCUT2D eigenvalue weighted by molar-refractivity contribution is -0.145. The molecule has 0 bridgehead atoms. The fourth-order valence-electron chi connectivity index (χ4n) is 8.80. The van der Waals surface area contributed by atoms with Gasteiger partial charge in [-0.05, 0) is 67.8 Å². The van der Waals surface area contributed by atoms with E-state index >= 15 is 0 Å². The molecule has 7 nitrogen and oxygen atoms in total. The highest BCUT2D eigenvalue weighted by atomic mass is 16.4. The third kappa shape index (κ3) is 3.75. The van der Waals surface area contributed by atoms with Gasteiger partial charge in [0.15, 0.2) is 11.6 Å². The van der Waals surface area contributed by atoms with Crippen molar-refractivity contribution in [2.75, 3.05) is 0 Å². The van der Waals surface area contributed by atoms with Crippen molar-refractivity contribution in [3.8, 4) is 0 Å². The average Bonchev–Trinajstić information content (AvgIpc) is 2.99. The Labute approximate surface area is 219 Å². The Balaban J connectivity index is 1.78. The van der Waals surface area contributed by atoms with Crippen LogP contribution in [0.3, 0.4) is 0 Å². The zero-order valence-corrected chi connectivity index (χ0v) is 23.2. The molecule has 3 N–H and O–H groups in total. The summed E-state index contributed by atoms with van der Waals surface area (Å²) in [5.41, 5.74) is -2.01. The van der Waals surface area contributed by atoms with Crippen LogP contribution in [0.4, 0.5) is 0 Å². The largest absolute Gasteiger partial charge is 0.478 e. The van der Waals surface area contributed by atoms with E-state index in [-0.39, 0.29) is 66.4 Å².